The smallest absolute Gasteiger partial charge is 0.0994 e. The summed E-state index contributed by atoms with van der Waals surface area (Å²) in [5, 5.41) is 9.26. The second-order valence-electron chi connectivity index (χ2n) is 6.44. The molecule has 2 bridgehead atoms. The third-order valence-electron chi connectivity index (χ3n) is 6.72. The van der Waals surface area contributed by atoms with Gasteiger partial charge in [-0.15, -0.1) is 0 Å². The lowest BCUT2D eigenvalue weighted by molar-refractivity contribution is -0.407. The molecule has 0 N–H and O–H groups in total. The third-order valence-corrected chi connectivity index (χ3v) is 6.72. The van der Waals surface area contributed by atoms with E-state index in [4.69, 9.17) is 0 Å². The molecule has 0 amide bonds. The topological polar surface area (TPSA) is 23.8 Å². The normalized spacial score (nSPS) is 59.2. The van der Waals surface area contributed by atoms with Crippen LogP contribution in [0.4, 0.5) is 0 Å². The molecule has 1 aromatic rings. The molecule has 4 saturated carbocycles. The number of hydrogen-bond donors (Lipinski definition) is 0. The van der Waals surface area contributed by atoms with E-state index in [0.717, 1.165) is 52.9 Å². The molecule has 1 nitrogen and oxygen atoms in total. The monoisotopic (exact) mass is 205 g/mol. The summed E-state index contributed by atoms with van der Waals surface area (Å²) in [4.78, 5) is 0. The van der Waals surface area contributed by atoms with E-state index in [1.165, 1.54) is 5.56 Å². The minimum absolute atomic E-state index is 0.806. The van der Waals surface area contributed by atoms with Crippen LogP contribution in [0.25, 0.3) is 0 Å². The van der Waals surface area contributed by atoms with E-state index in [2.05, 4.69) is 18.2 Å². The Morgan fingerprint density at radius 1 is 0.875 bits per heavy atom. The molecule has 4 unspecified atom stereocenters. The van der Waals surface area contributed by atoms with Crippen LogP contribution in [0.2, 0.25) is 0 Å². The van der Waals surface area contributed by atoms with E-state index >= 15 is 0 Å². The van der Waals surface area contributed by atoms with Crippen molar-refractivity contribution in [3.63, 3.8) is 0 Å². The summed E-state index contributed by atoms with van der Waals surface area (Å²) >= 11 is 0. The van der Waals surface area contributed by atoms with Gasteiger partial charge in [0.05, 0.1) is 11.6 Å². The number of hydrogen-bond acceptors (Lipinski definition) is 1. The van der Waals surface area contributed by atoms with Crippen LogP contribution in [-0.2, 0) is 0 Å². The van der Waals surface area contributed by atoms with Crippen LogP contribution >= 0.6 is 0 Å². The van der Waals surface area contributed by atoms with E-state index < -0.39 is 0 Å². The summed E-state index contributed by atoms with van der Waals surface area (Å²) < 4.78 is 0. The maximum atomic E-state index is 9.26. The Morgan fingerprint density at radius 2 is 1.56 bits per heavy atom. The van der Waals surface area contributed by atoms with Gasteiger partial charge in [0, 0.05) is 0 Å². The molecule has 6 aliphatic rings. The summed E-state index contributed by atoms with van der Waals surface area (Å²) in [5.41, 5.74) is 4.03. The van der Waals surface area contributed by atoms with Gasteiger partial charge in [-0.1, -0.05) is 12.1 Å². The highest BCUT2D eigenvalue weighted by Gasteiger charge is 2.88. The fourth-order valence-corrected chi connectivity index (χ4v) is 6.56. The first-order valence-corrected chi connectivity index (χ1v) is 6.46. The van der Waals surface area contributed by atoms with E-state index in [9.17, 15) is 5.26 Å². The molecule has 6 aliphatic carbocycles. The lowest BCUT2D eigenvalue weighted by Gasteiger charge is -2.93. The van der Waals surface area contributed by atoms with Crippen LogP contribution < -0.4 is 0 Å². The number of benzene rings is 1. The minimum atomic E-state index is 0.806. The van der Waals surface area contributed by atoms with Gasteiger partial charge in [0.1, 0.15) is 0 Å². The van der Waals surface area contributed by atoms with E-state index in [-0.39, 0.29) is 0 Å². The van der Waals surface area contributed by atoms with Crippen LogP contribution in [0.5, 0.6) is 0 Å². The zero-order valence-corrected chi connectivity index (χ0v) is 8.80. The predicted molar refractivity (Wildman–Crippen MR) is 57.6 cm³/mol. The maximum Gasteiger partial charge on any atom is 0.0994 e. The largest absolute Gasteiger partial charge is 0.192 e. The van der Waals surface area contributed by atoms with Crippen molar-refractivity contribution in [2.75, 3.05) is 0 Å². The molecule has 1 heteroatoms. The van der Waals surface area contributed by atoms with Crippen molar-refractivity contribution in [1.29, 1.82) is 5.26 Å². The van der Waals surface area contributed by atoms with Gasteiger partial charge in [-0.05, 0) is 64.5 Å². The quantitative estimate of drug-likeness (QED) is 0.638. The average Bonchev–Trinajstić information content (AvgIpc) is 2.29. The molecule has 1 aromatic carbocycles. The van der Waals surface area contributed by atoms with E-state index in [0.29, 0.717) is 0 Å². The number of rotatable bonds is 0. The van der Waals surface area contributed by atoms with Crippen LogP contribution in [-0.4, -0.2) is 0 Å². The number of nitriles is 1. The molecule has 0 aliphatic heterocycles. The lowest BCUT2D eigenvalue weighted by atomic mass is 9.11. The molecule has 0 spiro atoms. The summed E-state index contributed by atoms with van der Waals surface area (Å²) in [7, 11) is 0. The lowest BCUT2D eigenvalue weighted by Crippen LogP contribution is -2.87. The van der Waals surface area contributed by atoms with Crippen molar-refractivity contribution in [3.05, 3.63) is 34.9 Å². The summed E-state index contributed by atoms with van der Waals surface area (Å²) in [6, 6.07) is 8.85. The standard InChI is InChI=1S/C15H11N/c16-4-5-2-1-3-6-7(5)9-12-10-8(6)11-13(9)15(12)14(10)11/h1-3,8-15H. The van der Waals surface area contributed by atoms with Gasteiger partial charge in [0.15, 0.2) is 0 Å². The average molecular weight is 205 g/mol. The highest BCUT2D eigenvalue weighted by Crippen LogP contribution is 2.94. The van der Waals surface area contributed by atoms with Crippen molar-refractivity contribution >= 4 is 0 Å². The third kappa shape index (κ3) is 0.392. The van der Waals surface area contributed by atoms with E-state index in [1.54, 1.807) is 5.56 Å². The maximum absolute atomic E-state index is 9.26. The van der Waals surface area contributed by atoms with Crippen molar-refractivity contribution in [3.8, 4) is 6.07 Å². The van der Waals surface area contributed by atoms with E-state index in [1.807, 2.05) is 6.07 Å². The van der Waals surface area contributed by atoms with Crippen LogP contribution in [0, 0.1) is 46.8 Å². The van der Waals surface area contributed by atoms with Gasteiger partial charge in [-0.3, -0.25) is 0 Å². The number of nitrogens with zero attached hydrogens (tertiary/aromatic N) is 1. The molecule has 0 radical (unpaired) electrons. The molecule has 16 heavy (non-hydrogen) atoms. The Labute approximate surface area is 94.1 Å². The van der Waals surface area contributed by atoms with Gasteiger partial charge in [-0.25, -0.2) is 0 Å². The van der Waals surface area contributed by atoms with Gasteiger partial charge < -0.3 is 0 Å². The van der Waals surface area contributed by atoms with Gasteiger partial charge in [0.2, 0.25) is 0 Å². The molecule has 0 saturated heterocycles. The Kier molecular flexibility index (Phi) is 0.773. The first-order chi connectivity index (χ1) is 7.93. The molecule has 7 rings (SSSR count). The molecule has 4 fully saturated rings. The highest BCUT2D eigenvalue weighted by molar-refractivity contribution is 5.60. The fourth-order valence-electron chi connectivity index (χ4n) is 6.56. The fraction of sp³-hybridized carbons (Fsp3) is 0.533. The summed E-state index contributed by atoms with van der Waals surface area (Å²) in [6.45, 7) is 0. The van der Waals surface area contributed by atoms with Gasteiger partial charge in [-0.2, -0.15) is 5.26 Å². The zero-order chi connectivity index (χ0) is 10.2. The van der Waals surface area contributed by atoms with Gasteiger partial charge in [0.25, 0.3) is 0 Å². The zero-order valence-electron chi connectivity index (χ0n) is 8.80. The molecule has 0 aromatic heterocycles. The van der Waals surface area contributed by atoms with Crippen molar-refractivity contribution < 1.29 is 0 Å². The Bertz CT molecular complexity index is 590. The van der Waals surface area contributed by atoms with Crippen molar-refractivity contribution in [2.45, 2.75) is 11.8 Å². The second kappa shape index (κ2) is 1.74. The first-order valence-electron chi connectivity index (χ1n) is 6.46. The Hall–Kier alpha value is -1.29. The summed E-state index contributed by atoms with van der Waals surface area (Å²) in [6.07, 6.45) is 0. The second-order valence-corrected chi connectivity index (χ2v) is 6.44. The molecule has 4 atom stereocenters. The minimum Gasteiger partial charge on any atom is -0.192 e. The Morgan fingerprint density at radius 3 is 2.25 bits per heavy atom. The summed E-state index contributed by atoms with van der Waals surface area (Å²) in [5.74, 6) is 8.03. The van der Waals surface area contributed by atoms with Crippen LogP contribution in [0.1, 0.15) is 28.5 Å². The van der Waals surface area contributed by atoms with Crippen LogP contribution in [0.15, 0.2) is 18.2 Å². The van der Waals surface area contributed by atoms with Crippen molar-refractivity contribution in [2.24, 2.45) is 35.5 Å². The van der Waals surface area contributed by atoms with Crippen molar-refractivity contribution in [1.82, 2.24) is 0 Å². The Balaban J connectivity index is 1.72. The molecule has 0 heterocycles. The molecular weight excluding hydrogens is 194 g/mol. The molecular formula is C15H11N. The first kappa shape index (κ1) is 7.12. The highest BCUT2D eigenvalue weighted by atomic mass is 14.9. The predicted octanol–water partition coefficient (Wildman–Crippen LogP) is 2.49. The SMILES string of the molecule is N#Cc1cccc2c1C1C3C4C2C2C1C3C42. The molecule has 76 valence electrons. The van der Waals surface area contributed by atoms with Crippen LogP contribution in [0.3, 0.4) is 0 Å². The van der Waals surface area contributed by atoms with Gasteiger partial charge >= 0.3 is 0 Å².